The number of amides is 1. The molecular weight excluding hydrogens is 460 g/mol. The number of aryl methyl sites for hydroxylation is 1. The zero-order valence-corrected chi connectivity index (χ0v) is 18.7. The molecule has 0 aliphatic rings. The van der Waals surface area contributed by atoms with E-state index in [2.05, 4.69) is 38.4 Å². The molecule has 0 aliphatic carbocycles. The molecule has 3 aromatic carbocycles. The summed E-state index contributed by atoms with van der Waals surface area (Å²) >= 11 is 4.99. The number of halogens is 1. The summed E-state index contributed by atoms with van der Waals surface area (Å²) in [5.74, 6) is 0.368. The van der Waals surface area contributed by atoms with Crippen LogP contribution in [0.1, 0.15) is 4.88 Å². The third kappa shape index (κ3) is 4.78. The van der Waals surface area contributed by atoms with Crippen LogP contribution in [0.15, 0.2) is 83.3 Å². The van der Waals surface area contributed by atoms with Gasteiger partial charge in [0.15, 0.2) is 11.7 Å². The lowest BCUT2D eigenvalue weighted by Crippen LogP contribution is -2.20. The van der Waals surface area contributed by atoms with Crippen LogP contribution >= 0.6 is 27.3 Å². The highest BCUT2D eigenvalue weighted by Crippen LogP contribution is 2.32. The number of hydrogen-bond donors (Lipinski definition) is 1. The Morgan fingerprint density at radius 1 is 0.967 bits per heavy atom. The number of hydrogen-bond acceptors (Lipinski definition) is 4. The van der Waals surface area contributed by atoms with Crippen molar-refractivity contribution in [3.05, 3.63) is 88.2 Å². The third-order valence-electron chi connectivity index (χ3n) is 4.49. The predicted molar refractivity (Wildman–Crippen MR) is 126 cm³/mol. The third-order valence-corrected chi connectivity index (χ3v) is 5.99. The Morgan fingerprint density at radius 2 is 1.63 bits per heavy atom. The van der Waals surface area contributed by atoms with E-state index in [1.165, 1.54) is 11.3 Å². The van der Waals surface area contributed by atoms with Crippen LogP contribution in [0.2, 0.25) is 0 Å². The van der Waals surface area contributed by atoms with E-state index in [1.807, 2.05) is 73.7 Å². The van der Waals surface area contributed by atoms with Crippen molar-refractivity contribution in [3.63, 3.8) is 0 Å². The second-order valence-electron chi connectivity index (χ2n) is 6.64. The van der Waals surface area contributed by atoms with Gasteiger partial charge in [-0.3, -0.25) is 10.1 Å². The first kappa shape index (κ1) is 20.3. The van der Waals surface area contributed by atoms with Crippen molar-refractivity contribution in [2.45, 2.75) is 6.92 Å². The number of nitrogens with zero attached hydrogens (tertiary/aromatic N) is 1. The van der Waals surface area contributed by atoms with Crippen molar-refractivity contribution in [1.82, 2.24) is 4.98 Å². The van der Waals surface area contributed by atoms with Gasteiger partial charge in [-0.2, -0.15) is 0 Å². The van der Waals surface area contributed by atoms with Gasteiger partial charge in [-0.25, -0.2) is 4.98 Å². The minimum atomic E-state index is -0.248. The Morgan fingerprint density at radius 3 is 2.30 bits per heavy atom. The number of carbonyl (C=O) groups excluding carboxylic acids is 1. The molecule has 1 heterocycles. The van der Waals surface area contributed by atoms with Crippen molar-refractivity contribution in [3.8, 4) is 28.1 Å². The molecule has 1 amide bonds. The van der Waals surface area contributed by atoms with Crippen molar-refractivity contribution < 1.29 is 9.53 Å². The molecule has 30 heavy (non-hydrogen) atoms. The standard InChI is InChI=1S/C24H19BrN2O2S/c1-16-23(18-10-6-3-7-11-18)27-24(30-16)26-22(28)15-29-21-13-12-19(14-20(21)25)17-8-4-2-5-9-17/h2-14H,15H2,1H3,(H,26,27,28). The largest absolute Gasteiger partial charge is 0.483 e. The highest BCUT2D eigenvalue weighted by Gasteiger charge is 2.13. The number of carbonyl (C=O) groups is 1. The van der Waals surface area contributed by atoms with Crippen molar-refractivity contribution in [2.24, 2.45) is 0 Å². The Kier molecular flexibility index (Phi) is 6.26. The fourth-order valence-corrected chi connectivity index (χ4v) is 4.39. The zero-order chi connectivity index (χ0) is 20.9. The van der Waals surface area contributed by atoms with Crippen LogP contribution in [-0.4, -0.2) is 17.5 Å². The Labute approximate surface area is 187 Å². The maximum Gasteiger partial charge on any atom is 0.264 e. The molecule has 0 aliphatic heterocycles. The van der Waals surface area contributed by atoms with Gasteiger partial charge in [0.1, 0.15) is 5.75 Å². The molecular formula is C24H19BrN2O2S. The number of thiazole rings is 1. The maximum absolute atomic E-state index is 12.4. The van der Waals surface area contributed by atoms with Crippen LogP contribution in [0.5, 0.6) is 5.75 Å². The molecule has 0 radical (unpaired) electrons. The second kappa shape index (κ2) is 9.24. The van der Waals surface area contributed by atoms with Gasteiger partial charge in [-0.1, -0.05) is 66.7 Å². The molecule has 1 aromatic heterocycles. The van der Waals surface area contributed by atoms with Crippen LogP contribution in [0.25, 0.3) is 22.4 Å². The number of rotatable bonds is 6. The Balaban J connectivity index is 1.39. The molecule has 0 unspecified atom stereocenters. The van der Waals surface area contributed by atoms with E-state index in [-0.39, 0.29) is 12.5 Å². The molecule has 150 valence electrons. The molecule has 4 rings (SSSR count). The lowest BCUT2D eigenvalue weighted by Gasteiger charge is -2.10. The van der Waals surface area contributed by atoms with E-state index in [4.69, 9.17) is 4.74 Å². The molecule has 0 bridgehead atoms. The fourth-order valence-electron chi connectivity index (χ4n) is 3.04. The number of benzene rings is 3. The molecule has 0 spiro atoms. The summed E-state index contributed by atoms with van der Waals surface area (Å²) in [5, 5.41) is 3.40. The fraction of sp³-hybridized carbons (Fsp3) is 0.0833. The smallest absolute Gasteiger partial charge is 0.264 e. The molecule has 0 atom stereocenters. The van der Waals surface area contributed by atoms with E-state index in [1.54, 1.807) is 0 Å². The Bertz CT molecular complexity index is 1160. The van der Waals surface area contributed by atoms with Crippen molar-refractivity contribution in [2.75, 3.05) is 11.9 Å². The van der Waals surface area contributed by atoms with Gasteiger partial charge in [0.05, 0.1) is 10.2 Å². The number of aromatic nitrogens is 1. The van der Waals surface area contributed by atoms with Crippen LogP contribution in [0.3, 0.4) is 0 Å². The molecule has 4 nitrogen and oxygen atoms in total. The monoisotopic (exact) mass is 478 g/mol. The van der Waals surface area contributed by atoms with Gasteiger partial charge in [0, 0.05) is 10.4 Å². The molecule has 6 heteroatoms. The van der Waals surface area contributed by atoms with Crippen molar-refractivity contribution >= 4 is 38.3 Å². The molecule has 0 fully saturated rings. The molecule has 0 saturated carbocycles. The van der Waals surface area contributed by atoms with Crippen molar-refractivity contribution in [1.29, 1.82) is 0 Å². The highest BCUT2D eigenvalue weighted by atomic mass is 79.9. The van der Waals surface area contributed by atoms with Crippen LogP contribution in [0.4, 0.5) is 5.13 Å². The summed E-state index contributed by atoms with van der Waals surface area (Å²) in [4.78, 5) is 18.0. The SMILES string of the molecule is Cc1sc(NC(=O)COc2ccc(-c3ccccc3)cc2Br)nc1-c1ccccc1. The van der Waals surface area contributed by atoms with Gasteiger partial charge in [0.2, 0.25) is 0 Å². The number of anilines is 1. The van der Waals surface area contributed by atoms with E-state index in [0.29, 0.717) is 10.9 Å². The average Bonchev–Trinajstić information content (AvgIpc) is 3.14. The Hall–Kier alpha value is -2.96. The summed E-state index contributed by atoms with van der Waals surface area (Å²) in [5.41, 5.74) is 4.11. The summed E-state index contributed by atoms with van der Waals surface area (Å²) in [6.45, 7) is 1.90. The minimum Gasteiger partial charge on any atom is -0.483 e. The first-order chi connectivity index (χ1) is 14.6. The first-order valence-electron chi connectivity index (χ1n) is 9.40. The van der Waals surface area contributed by atoms with Crippen LogP contribution < -0.4 is 10.1 Å². The summed E-state index contributed by atoms with van der Waals surface area (Å²) in [6, 6.07) is 25.8. The van der Waals surface area contributed by atoms with Crippen LogP contribution in [-0.2, 0) is 4.79 Å². The predicted octanol–water partition coefficient (Wildman–Crippen LogP) is 6.57. The molecule has 0 saturated heterocycles. The normalized spacial score (nSPS) is 10.6. The van der Waals surface area contributed by atoms with E-state index >= 15 is 0 Å². The quantitative estimate of drug-likeness (QED) is 0.341. The summed E-state index contributed by atoms with van der Waals surface area (Å²) in [6.07, 6.45) is 0. The van der Waals surface area contributed by atoms with E-state index in [9.17, 15) is 4.79 Å². The van der Waals surface area contributed by atoms with E-state index in [0.717, 1.165) is 31.7 Å². The topological polar surface area (TPSA) is 51.2 Å². The number of ether oxygens (including phenoxy) is 1. The zero-order valence-electron chi connectivity index (χ0n) is 16.3. The minimum absolute atomic E-state index is 0.0947. The second-order valence-corrected chi connectivity index (χ2v) is 8.70. The molecule has 4 aromatic rings. The lowest BCUT2D eigenvalue weighted by molar-refractivity contribution is -0.118. The lowest BCUT2D eigenvalue weighted by atomic mass is 10.1. The summed E-state index contributed by atoms with van der Waals surface area (Å²) < 4.78 is 6.50. The number of nitrogens with one attached hydrogen (secondary N) is 1. The van der Waals surface area contributed by atoms with Gasteiger partial charge in [0.25, 0.3) is 5.91 Å². The van der Waals surface area contributed by atoms with Crippen LogP contribution in [0, 0.1) is 6.92 Å². The van der Waals surface area contributed by atoms with Gasteiger partial charge in [-0.15, -0.1) is 11.3 Å². The average molecular weight is 479 g/mol. The summed E-state index contributed by atoms with van der Waals surface area (Å²) in [7, 11) is 0. The van der Waals surface area contributed by atoms with Gasteiger partial charge >= 0.3 is 0 Å². The first-order valence-corrected chi connectivity index (χ1v) is 11.0. The highest BCUT2D eigenvalue weighted by molar-refractivity contribution is 9.10. The van der Waals surface area contributed by atoms with E-state index < -0.39 is 0 Å². The van der Waals surface area contributed by atoms with Gasteiger partial charge < -0.3 is 4.74 Å². The molecule has 1 N–H and O–H groups in total. The maximum atomic E-state index is 12.4. The van der Waals surface area contributed by atoms with Gasteiger partial charge in [-0.05, 0) is 46.1 Å².